The lowest BCUT2D eigenvalue weighted by Gasteiger charge is -2.13. The average molecular weight is 372 g/mol. The highest BCUT2D eigenvalue weighted by atomic mass is 127. The van der Waals surface area contributed by atoms with Gasteiger partial charge in [-0.1, -0.05) is 11.2 Å². The van der Waals surface area contributed by atoms with Crippen LogP contribution in [0, 0.1) is 10.5 Å². The Hall–Kier alpha value is -1.57. The third-order valence-electron chi connectivity index (χ3n) is 2.36. The Morgan fingerprint density at radius 1 is 1.47 bits per heavy atom. The predicted molar refractivity (Wildman–Crippen MR) is 79.1 cm³/mol. The van der Waals surface area contributed by atoms with Crippen LogP contribution in [0.4, 0.5) is 5.82 Å². The summed E-state index contributed by atoms with van der Waals surface area (Å²) in [6.07, 6.45) is -0.616. The molecule has 1 unspecified atom stereocenters. The summed E-state index contributed by atoms with van der Waals surface area (Å²) in [5.41, 5.74) is 0. The van der Waals surface area contributed by atoms with Gasteiger partial charge in [0.25, 0.3) is 5.91 Å². The second kappa shape index (κ2) is 6.05. The molecule has 0 aliphatic carbocycles. The van der Waals surface area contributed by atoms with Gasteiger partial charge in [0.05, 0.1) is 0 Å². The number of hydrogen-bond donors (Lipinski definition) is 1. The van der Waals surface area contributed by atoms with Crippen molar-refractivity contribution in [2.24, 2.45) is 0 Å². The van der Waals surface area contributed by atoms with Crippen LogP contribution >= 0.6 is 22.6 Å². The van der Waals surface area contributed by atoms with Crippen LogP contribution in [0.3, 0.4) is 0 Å². The number of carbonyl (C=O) groups excluding carboxylic acids is 1. The van der Waals surface area contributed by atoms with E-state index in [4.69, 9.17) is 9.26 Å². The molecule has 0 aliphatic heterocycles. The topological polar surface area (TPSA) is 64.4 Å². The lowest BCUT2D eigenvalue weighted by atomic mass is 10.3. The van der Waals surface area contributed by atoms with Gasteiger partial charge in [0.1, 0.15) is 11.5 Å². The summed E-state index contributed by atoms with van der Waals surface area (Å²) in [4.78, 5) is 11.9. The first-order chi connectivity index (χ1) is 9.04. The zero-order valence-corrected chi connectivity index (χ0v) is 12.7. The van der Waals surface area contributed by atoms with Crippen LogP contribution in [0.25, 0.3) is 0 Å². The van der Waals surface area contributed by atoms with Crippen molar-refractivity contribution >= 4 is 34.3 Å². The number of ether oxygens (including phenoxy) is 1. The first kappa shape index (κ1) is 13.9. The van der Waals surface area contributed by atoms with Gasteiger partial charge >= 0.3 is 0 Å². The quantitative estimate of drug-likeness (QED) is 0.839. The number of aryl methyl sites for hydroxylation is 1. The van der Waals surface area contributed by atoms with E-state index >= 15 is 0 Å². The van der Waals surface area contributed by atoms with Crippen LogP contribution in [0.5, 0.6) is 5.75 Å². The van der Waals surface area contributed by atoms with Crippen molar-refractivity contribution in [2.75, 3.05) is 5.32 Å². The minimum absolute atomic E-state index is 0.271. The average Bonchev–Trinajstić information content (AvgIpc) is 2.74. The van der Waals surface area contributed by atoms with E-state index in [0.29, 0.717) is 17.3 Å². The SMILES string of the molecule is Cc1cc(NC(=O)C(C)Oc2cccc(I)c2)no1. The smallest absolute Gasteiger partial charge is 0.266 e. The van der Waals surface area contributed by atoms with Crippen molar-refractivity contribution in [1.82, 2.24) is 5.16 Å². The third-order valence-corrected chi connectivity index (χ3v) is 3.03. The highest BCUT2D eigenvalue weighted by Gasteiger charge is 2.16. The lowest BCUT2D eigenvalue weighted by molar-refractivity contribution is -0.122. The van der Waals surface area contributed by atoms with E-state index in [9.17, 15) is 4.79 Å². The van der Waals surface area contributed by atoms with Crippen molar-refractivity contribution in [3.63, 3.8) is 0 Å². The summed E-state index contributed by atoms with van der Waals surface area (Å²) in [7, 11) is 0. The molecule has 0 aliphatic rings. The molecule has 0 bridgehead atoms. The Morgan fingerprint density at radius 3 is 2.89 bits per heavy atom. The summed E-state index contributed by atoms with van der Waals surface area (Å²) in [5.74, 6) is 1.42. The number of anilines is 1. The maximum absolute atomic E-state index is 11.9. The monoisotopic (exact) mass is 372 g/mol. The van der Waals surface area contributed by atoms with E-state index in [1.807, 2.05) is 24.3 Å². The zero-order chi connectivity index (χ0) is 13.8. The number of benzene rings is 1. The first-order valence-corrected chi connectivity index (χ1v) is 6.79. The highest BCUT2D eigenvalue weighted by molar-refractivity contribution is 14.1. The molecule has 0 spiro atoms. The molecule has 100 valence electrons. The van der Waals surface area contributed by atoms with Crippen molar-refractivity contribution < 1.29 is 14.1 Å². The molecule has 0 fully saturated rings. The second-order valence-electron chi connectivity index (χ2n) is 4.03. The highest BCUT2D eigenvalue weighted by Crippen LogP contribution is 2.17. The third kappa shape index (κ3) is 3.95. The maximum atomic E-state index is 11.9. The summed E-state index contributed by atoms with van der Waals surface area (Å²) in [6, 6.07) is 9.16. The molecule has 2 rings (SSSR count). The van der Waals surface area contributed by atoms with Gasteiger partial charge in [-0.2, -0.15) is 0 Å². The van der Waals surface area contributed by atoms with Crippen molar-refractivity contribution in [3.8, 4) is 5.75 Å². The number of halogens is 1. The summed E-state index contributed by atoms with van der Waals surface area (Å²) >= 11 is 2.19. The van der Waals surface area contributed by atoms with Crippen LogP contribution in [-0.4, -0.2) is 17.2 Å². The van der Waals surface area contributed by atoms with Crippen molar-refractivity contribution in [2.45, 2.75) is 20.0 Å². The van der Waals surface area contributed by atoms with Gasteiger partial charge in [0, 0.05) is 9.64 Å². The fourth-order valence-electron chi connectivity index (χ4n) is 1.45. The van der Waals surface area contributed by atoms with Crippen LogP contribution in [0.15, 0.2) is 34.9 Å². The number of nitrogens with zero attached hydrogens (tertiary/aromatic N) is 1. The van der Waals surface area contributed by atoms with Gasteiger partial charge in [-0.25, -0.2) is 0 Å². The fourth-order valence-corrected chi connectivity index (χ4v) is 1.97. The molecule has 6 heteroatoms. The minimum Gasteiger partial charge on any atom is -0.481 e. The van der Waals surface area contributed by atoms with Gasteiger partial charge in [-0.05, 0) is 54.6 Å². The molecule has 1 aromatic heterocycles. The van der Waals surface area contributed by atoms with Gasteiger partial charge in [-0.3, -0.25) is 4.79 Å². The fraction of sp³-hybridized carbons (Fsp3) is 0.231. The second-order valence-corrected chi connectivity index (χ2v) is 5.28. The Morgan fingerprint density at radius 2 is 2.26 bits per heavy atom. The van der Waals surface area contributed by atoms with Gasteiger partial charge < -0.3 is 14.6 Å². The molecule has 2 aromatic rings. The number of hydrogen-bond acceptors (Lipinski definition) is 4. The molecular weight excluding hydrogens is 359 g/mol. The Bertz CT molecular complexity index is 583. The van der Waals surface area contributed by atoms with Gasteiger partial charge in [-0.15, -0.1) is 0 Å². The first-order valence-electron chi connectivity index (χ1n) is 5.71. The minimum atomic E-state index is -0.616. The van der Waals surface area contributed by atoms with E-state index in [0.717, 1.165) is 3.57 Å². The Labute approximate surface area is 124 Å². The molecule has 5 nitrogen and oxygen atoms in total. The van der Waals surface area contributed by atoms with E-state index in [1.54, 1.807) is 19.9 Å². The summed E-state index contributed by atoms with van der Waals surface area (Å²) in [5, 5.41) is 6.32. The van der Waals surface area contributed by atoms with E-state index in [2.05, 4.69) is 33.1 Å². The molecule has 0 saturated carbocycles. The molecule has 0 radical (unpaired) electrons. The molecule has 1 amide bonds. The Kier molecular flexibility index (Phi) is 4.41. The number of amides is 1. The molecule has 1 atom stereocenters. The molecule has 1 heterocycles. The molecule has 0 saturated heterocycles. The van der Waals surface area contributed by atoms with Crippen LogP contribution in [-0.2, 0) is 4.79 Å². The summed E-state index contributed by atoms with van der Waals surface area (Å²) < 4.78 is 11.5. The molecular formula is C13H13IN2O3. The normalized spacial score (nSPS) is 11.9. The largest absolute Gasteiger partial charge is 0.481 e. The molecule has 1 N–H and O–H groups in total. The van der Waals surface area contributed by atoms with E-state index < -0.39 is 6.10 Å². The van der Waals surface area contributed by atoms with Gasteiger partial charge in [0.15, 0.2) is 11.9 Å². The number of aromatic nitrogens is 1. The van der Waals surface area contributed by atoms with Crippen molar-refractivity contribution in [3.05, 3.63) is 39.7 Å². The van der Waals surface area contributed by atoms with Gasteiger partial charge in [0.2, 0.25) is 0 Å². The van der Waals surface area contributed by atoms with Crippen LogP contribution < -0.4 is 10.1 Å². The van der Waals surface area contributed by atoms with E-state index in [1.165, 1.54) is 0 Å². The molecule has 19 heavy (non-hydrogen) atoms. The number of carbonyl (C=O) groups is 1. The Balaban J connectivity index is 1.96. The standard InChI is InChI=1S/C13H13IN2O3/c1-8-6-12(16-19-8)15-13(17)9(2)18-11-5-3-4-10(14)7-11/h3-7,9H,1-2H3,(H,15,16,17). The zero-order valence-electron chi connectivity index (χ0n) is 10.5. The van der Waals surface area contributed by atoms with Crippen LogP contribution in [0.2, 0.25) is 0 Å². The maximum Gasteiger partial charge on any atom is 0.266 e. The number of rotatable bonds is 4. The lowest BCUT2D eigenvalue weighted by Crippen LogP contribution is -2.30. The molecule has 1 aromatic carbocycles. The summed E-state index contributed by atoms with van der Waals surface area (Å²) in [6.45, 7) is 3.44. The number of nitrogens with one attached hydrogen (secondary N) is 1. The predicted octanol–water partition coefficient (Wildman–Crippen LogP) is 2.99. The van der Waals surface area contributed by atoms with Crippen LogP contribution in [0.1, 0.15) is 12.7 Å². The van der Waals surface area contributed by atoms with E-state index in [-0.39, 0.29) is 5.91 Å². The van der Waals surface area contributed by atoms with Crippen molar-refractivity contribution in [1.29, 1.82) is 0 Å².